The Bertz CT molecular complexity index is 684. The number of nitrogen functional groups attached to an aromatic ring is 1. The molecule has 0 bridgehead atoms. The molecule has 0 saturated heterocycles. The molecule has 5 N–H and O–H groups in total. The van der Waals surface area contributed by atoms with Gasteiger partial charge in [0.1, 0.15) is 5.82 Å². The molecule has 0 atom stereocenters. The molecular weight excluding hydrogens is 273 g/mol. The maximum atomic E-state index is 13.3. The quantitative estimate of drug-likeness (QED) is 0.746. The van der Waals surface area contributed by atoms with E-state index in [1.807, 2.05) is 0 Å². The Labute approximate surface area is 120 Å². The molecule has 2 rings (SSSR count). The second-order valence-corrected chi connectivity index (χ2v) is 4.50. The van der Waals surface area contributed by atoms with Gasteiger partial charge in [-0.3, -0.25) is 9.59 Å². The topological polar surface area (TPSA) is 98.2 Å². The predicted molar refractivity (Wildman–Crippen MR) is 78.1 cm³/mol. The summed E-state index contributed by atoms with van der Waals surface area (Å²) in [6, 6.07) is 10.7. The smallest absolute Gasteiger partial charge is 0.257 e. The van der Waals surface area contributed by atoms with E-state index >= 15 is 0 Å². The number of nitrogens with one attached hydrogen (secondary N) is 1. The number of rotatable bonds is 4. The van der Waals surface area contributed by atoms with Gasteiger partial charge in [-0.2, -0.15) is 0 Å². The van der Waals surface area contributed by atoms with Crippen LogP contribution in [0.15, 0.2) is 42.5 Å². The fourth-order valence-corrected chi connectivity index (χ4v) is 1.84. The molecule has 5 nitrogen and oxygen atoms in total. The van der Waals surface area contributed by atoms with Crippen LogP contribution in [-0.4, -0.2) is 11.8 Å². The summed E-state index contributed by atoms with van der Waals surface area (Å²) in [4.78, 5) is 22.8. The van der Waals surface area contributed by atoms with Crippen molar-refractivity contribution < 1.29 is 14.0 Å². The van der Waals surface area contributed by atoms with Gasteiger partial charge in [0.2, 0.25) is 5.91 Å². The largest absolute Gasteiger partial charge is 0.396 e. The van der Waals surface area contributed by atoms with E-state index in [4.69, 9.17) is 11.5 Å². The van der Waals surface area contributed by atoms with Crippen LogP contribution in [0.1, 0.15) is 15.9 Å². The highest BCUT2D eigenvalue weighted by Crippen LogP contribution is 2.18. The first-order chi connectivity index (χ1) is 9.97. The number of nitrogens with two attached hydrogens (primary N) is 2. The van der Waals surface area contributed by atoms with E-state index in [0.717, 1.165) is 5.56 Å². The number of benzene rings is 2. The molecule has 0 spiro atoms. The van der Waals surface area contributed by atoms with Gasteiger partial charge in [0.25, 0.3) is 5.91 Å². The number of anilines is 2. The van der Waals surface area contributed by atoms with Gasteiger partial charge in [0, 0.05) is 5.69 Å². The molecule has 0 aliphatic rings. The predicted octanol–water partition coefficient (Wildman–Crippen LogP) is 1.69. The molecule has 21 heavy (non-hydrogen) atoms. The van der Waals surface area contributed by atoms with Gasteiger partial charge in [-0.25, -0.2) is 4.39 Å². The van der Waals surface area contributed by atoms with Crippen molar-refractivity contribution in [2.75, 3.05) is 11.1 Å². The molecule has 0 radical (unpaired) electrons. The molecule has 108 valence electrons. The first-order valence-electron chi connectivity index (χ1n) is 6.20. The third kappa shape index (κ3) is 3.56. The third-order valence-corrected chi connectivity index (χ3v) is 2.89. The summed E-state index contributed by atoms with van der Waals surface area (Å²) >= 11 is 0. The number of para-hydroxylation sites is 1. The zero-order valence-corrected chi connectivity index (χ0v) is 11.1. The van der Waals surface area contributed by atoms with Gasteiger partial charge in [-0.1, -0.05) is 18.2 Å². The van der Waals surface area contributed by atoms with Crippen LogP contribution in [-0.2, 0) is 11.2 Å². The summed E-state index contributed by atoms with van der Waals surface area (Å²) < 4.78 is 13.3. The second kappa shape index (κ2) is 6.04. The van der Waals surface area contributed by atoms with Gasteiger partial charge in [-0.15, -0.1) is 0 Å². The maximum Gasteiger partial charge on any atom is 0.257 e. The Hall–Kier alpha value is -2.89. The first kappa shape index (κ1) is 14.5. The fourth-order valence-electron chi connectivity index (χ4n) is 1.84. The molecule has 6 heteroatoms. The van der Waals surface area contributed by atoms with Crippen LogP contribution >= 0.6 is 0 Å². The average Bonchev–Trinajstić information content (AvgIpc) is 2.43. The molecule has 2 amide bonds. The van der Waals surface area contributed by atoms with Gasteiger partial charge in [0.05, 0.1) is 17.7 Å². The normalized spacial score (nSPS) is 10.1. The lowest BCUT2D eigenvalue weighted by atomic mass is 10.1. The molecule has 0 fully saturated rings. The molecule has 2 aromatic carbocycles. The Morgan fingerprint density at radius 3 is 2.38 bits per heavy atom. The number of carbonyl (C=O) groups is 2. The van der Waals surface area contributed by atoms with E-state index in [0.29, 0.717) is 5.69 Å². The van der Waals surface area contributed by atoms with Crippen LogP contribution in [0.3, 0.4) is 0 Å². The van der Waals surface area contributed by atoms with E-state index in [2.05, 4.69) is 5.32 Å². The van der Waals surface area contributed by atoms with Crippen molar-refractivity contribution in [1.82, 2.24) is 0 Å². The SMILES string of the molecule is NC(=O)Cc1ccc(NC(=O)c2cccc(F)c2N)cc1. The number of halogens is 1. The number of primary amides is 1. The minimum atomic E-state index is -0.639. The standard InChI is InChI=1S/C15H14FN3O2/c16-12-3-1-2-11(14(12)18)15(21)19-10-6-4-9(5-7-10)8-13(17)20/h1-7H,8,18H2,(H2,17,20)(H,19,21). The van der Waals surface area contributed by atoms with Gasteiger partial charge < -0.3 is 16.8 Å². The molecule has 0 aliphatic heterocycles. The van der Waals surface area contributed by atoms with Crippen molar-refractivity contribution in [3.05, 3.63) is 59.4 Å². The van der Waals surface area contributed by atoms with Gasteiger partial charge >= 0.3 is 0 Å². The van der Waals surface area contributed by atoms with Crippen molar-refractivity contribution in [1.29, 1.82) is 0 Å². The average molecular weight is 287 g/mol. The molecule has 0 aliphatic carbocycles. The summed E-state index contributed by atoms with van der Waals surface area (Å²) in [5, 5.41) is 2.61. The van der Waals surface area contributed by atoms with Crippen LogP contribution in [0.25, 0.3) is 0 Å². The van der Waals surface area contributed by atoms with Gasteiger partial charge in [-0.05, 0) is 29.8 Å². The van der Waals surface area contributed by atoms with E-state index < -0.39 is 17.6 Å². The summed E-state index contributed by atoms with van der Waals surface area (Å²) in [5.41, 5.74) is 11.7. The van der Waals surface area contributed by atoms with E-state index in [9.17, 15) is 14.0 Å². The Morgan fingerprint density at radius 1 is 1.10 bits per heavy atom. The fraction of sp³-hybridized carbons (Fsp3) is 0.0667. The highest BCUT2D eigenvalue weighted by Gasteiger charge is 2.12. The van der Waals surface area contributed by atoms with E-state index in [1.165, 1.54) is 18.2 Å². The van der Waals surface area contributed by atoms with Crippen LogP contribution in [0.4, 0.5) is 15.8 Å². The van der Waals surface area contributed by atoms with E-state index in [-0.39, 0.29) is 17.7 Å². The third-order valence-electron chi connectivity index (χ3n) is 2.89. The molecule has 0 unspecified atom stereocenters. The van der Waals surface area contributed by atoms with Crippen molar-refractivity contribution in [3.8, 4) is 0 Å². The summed E-state index contributed by atoms with van der Waals surface area (Å²) in [6.07, 6.45) is 0.130. The van der Waals surface area contributed by atoms with Crippen LogP contribution in [0.2, 0.25) is 0 Å². The summed E-state index contributed by atoms with van der Waals surface area (Å²) in [7, 11) is 0. The highest BCUT2D eigenvalue weighted by molar-refractivity contribution is 6.07. The highest BCUT2D eigenvalue weighted by atomic mass is 19.1. The van der Waals surface area contributed by atoms with Crippen molar-refractivity contribution >= 4 is 23.2 Å². The molecule has 0 saturated carbocycles. The number of hydrogen-bond acceptors (Lipinski definition) is 3. The van der Waals surface area contributed by atoms with Crippen LogP contribution in [0, 0.1) is 5.82 Å². The van der Waals surface area contributed by atoms with Crippen molar-refractivity contribution in [2.45, 2.75) is 6.42 Å². The maximum absolute atomic E-state index is 13.3. The Balaban J connectivity index is 2.12. The zero-order valence-electron chi connectivity index (χ0n) is 11.1. The van der Waals surface area contributed by atoms with Crippen LogP contribution in [0.5, 0.6) is 0 Å². The lowest BCUT2D eigenvalue weighted by Crippen LogP contribution is -2.15. The summed E-state index contributed by atoms with van der Waals surface area (Å²) in [5.74, 6) is -1.58. The number of carbonyl (C=O) groups excluding carboxylic acids is 2. The molecule has 0 heterocycles. The second-order valence-electron chi connectivity index (χ2n) is 4.50. The summed E-state index contributed by atoms with van der Waals surface area (Å²) in [6.45, 7) is 0. The molecule has 0 aromatic heterocycles. The lowest BCUT2D eigenvalue weighted by molar-refractivity contribution is -0.117. The van der Waals surface area contributed by atoms with Crippen molar-refractivity contribution in [3.63, 3.8) is 0 Å². The van der Waals surface area contributed by atoms with E-state index in [1.54, 1.807) is 24.3 Å². The minimum absolute atomic E-state index is 0.0659. The Kier molecular flexibility index (Phi) is 4.18. The molecular formula is C15H14FN3O2. The Morgan fingerprint density at radius 2 is 1.76 bits per heavy atom. The first-order valence-corrected chi connectivity index (χ1v) is 6.20. The monoisotopic (exact) mass is 287 g/mol. The minimum Gasteiger partial charge on any atom is -0.396 e. The molecule has 2 aromatic rings. The zero-order chi connectivity index (χ0) is 15.4. The lowest BCUT2D eigenvalue weighted by Gasteiger charge is -2.08. The van der Waals surface area contributed by atoms with Crippen molar-refractivity contribution in [2.24, 2.45) is 5.73 Å². The number of hydrogen-bond donors (Lipinski definition) is 3. The van der Waals surface area contributed by atoms with Crippen LogP contribution < -0.4 is 16.8 Å². The van der Waals surface area contributed by atoms with Gasteiger partial charge in [0.15, 0.2) is 0 Å². The number of amides is 2.